The molecule has 1 heterocycles. The van der Waals surface area contributed by atoms with E-state index < -0.39 is 0 Å². The summed E-state index contributed by atoms with van der Waals surface area (Å²) in [5, 5.41) is 0. The van der Waals surface area contributed by atoms with Crippen molar-refractivity contribution < 1.29 is 4.74 Å². The van der Waals surface area contributed by atoms with Crippen LogP contribution in [0.1, 0.15) is 35.6 Å². The Labute approximate surface area is 138 Å². The highest BCUT2D eigenvalue weighted by molar-refractivity contribution is 6.12. The number of hydrogen-bond donors (Lipinski definition) is 0. The molecule has 0 saturated heterocycles. The summed E-state index contributed by atoms with van der Waals surface area (Å²) >= 11 is 0. The van der Waals surface area contributed by atoms with Crippen molar-refractivity contribution in [2.24, 2.45) is 4.99 Å². The third-order valence-corrected chi connectivity index (χ3v) is 4.00. The van der Waals surface area contributed by atoms with Gasteiger partial charge in [-0.15, -0.1) is 0 Å². The Morgan fingerprint density at radius 2 is 1.91 bits per heavy atom. The van der Waals surface area contributed by atoms with Crippen molar-refractivity contribution in [3.8, 4) is 5.75 Å². The van der Waals surface area contributed by atoms with Crippen LogP contribution >= 0.6 is 0 Å². The standard InChI is InChI=1S/C21H23NO/c1-3-14-23-19-9-10-20-18(15-19)12-13-22-21(20)11-8-17-6-4-16(2)5-7-17/h4-11,15H,3,12-14H2,1-2H3. The van der Waals surface area contributed by atoms with Gasteiger partial charge in [-0.05, 0) is 55.2 Å². The van der Waals surface area contributed by atoms with Crippen LogP contribution in [0.2, 0.25) is 0 Å². The van der Waals surface area contributed by atoms with Gasteiger partial charge in [0.1, 0.15) is 5.75 Å². The molecule has 1 aliphatic rings. The summed E-state index contributed by atoms with van der Waals surface area (Å²) in [5.74, 6) is 0.967. The van der Waals surface area contributed by atoms with Crippen LogP contribution in [0.15, 0.2) is 53.5 Å². The number of aliphatic imine (C=N–C) groups is 1. The Balaban J connectivity index is 1.80. The maximum atomic E-state index is 5.74. The van der Waals surface area contributed by atoms with Crippen LogP contribution < -0.4 is 4.74 Å². The first-order valence-electron chi connectivity index (χ1n) is 8.31. The number of ether oxygens (including phenoxy) is 1. The van der Waals surface area contributed by atoms with E-state index in [1.807, 2.05) is 0 Å². The molecule has 23 heavy (non-hydrogen) atoms. The van der Waals surface area contributed by atoms with Crippen LogP contribution in [-0.4, -0.2) is 18.9 Å². The molecule has 0 unspecified atom stereocenters. The van der Waals surface area contributed by atoms with E-state index >= 15 is 0 Å². The molecule has 0 aromatic heterocycles. The van der Waals surface area contributed by atoms with E-state index in [2.05, 4.69) is 73.5 Å². The molecule has 2 aromatic carbocycles. The van der Waals surface area contributed by atoms with E-state index in [1.54, 1.807) is 0 Å². The number of hydrogen-bond acceptors (Lipinski definition) is 2. The predicted octanol–water partition coefficient (Wildman–Crippen LogP) is 4.84. The Morgan fingerprint density at radius 3 is 2.70 bits per heavy atom. The lowest BCUT2D eigenvalue weighted by Gasteiger charge is -2.16. The minimum Gasteiger partial charge on any atom is -0.494 e. The minimum absolute atomic E-state index is 0.771. The van der Waals surface area contributed by atoms with Crippen molar-refractivity contribution in [2.75, 3.05) is 13.2 Å². The average Bonchev–Trinajstić information content (AvgIpc) is 2.59. The fraction of sp³-hybridized carbons (Fsp3) is 0.286. The second-order valence-corrected chi connectivity index (χ2v) is 5.93. The number of benzene rings is 2. The van der Waals surface area contributed by atoms with E-state index in [4.69, 9.17) is 4.74 Å². The van der Waals surface area contributed by atoms with Crippen molar-refractivity contribution in [1.82, 2.24) is 0 Å². The molecule has 0 fully saturated rings. The lowest BCUT2D eigenvalue weighted by Crippen LogP contribution is -2.11. The highest BCUT2D eigenvalue weighted by Crippen LogP contribution is 2.23. The van der Waals surface area contributed by atoms with Gasteiger partial charge in [0, 0.05) is 12.1 Å². The number of nitrogens with zero attached hydrogens (tertiary/aromatic N) is 1. The summed E-state index contributed by atoms with van der Waals surface area (Å²) in [4.78, 5) is 4.68. The second kappa shape index (κ2) is 7.28. The van der Waals surface area contributed by atoms with Gasteiger partial charge in [0.05, 0.1) is 12.3 Å². The SMILES string of the molecule is CCCOc1ccc2c(c1)CCN=C2C=Cc1ccc(C)cc1. The van der Waals surface area contributed by atoms with Gasteiger partial charge in [0.15, 0.2) is 0 Å². The molecule has 0 saturated carbocycles. The van der Waals surface area contributed by atoms with E-state index in [9.17, 15) is 0 Å². The molecule has 3 rings (SSSR count). The molecule has 0 aliphatic carbocycles. The van der Waals surface area contributed by atoms with Crippen molar-refractivity contribution in [3.05, 3.63) is 70.8 Å². The normalized spacial score (nSPS) is 13.7. The molecule has 0 N–H and O–H groups in total. The zero-order chi connectivity index (χ0) is 16.1. The van der Waals surface area contributed by atoms with Gasteiger partial charge in [-0.1, -0.05) is 42.8 Å². The summed E-state index contributed by atoms with van der Waals surface area (Å²) in [7, 11) is 0. The first-order chi connectivity index (χ1) is 11.3. The van der Waals surface area contributed by atoms with E-state index in [0.29, 0.717) is 0 Å². The molecular weight excluding hydrogens is 282 g/mol. The van der Waals surface area contributed by atoms with Crippen LogP contribution in [0, 0.1) is 6.92 Å². The summed E-state index contributed by atoms with van der Waals surface area (Å²) < 4.78 is 5.74. The second-order valence-electron chi connectivity index (χ2n) is 5.93. The summed E-state index contributed by atoms with van der Waals surface area (Å²) in [6, 6.07) is 14.9. The molecule has 2 heteroatoms. The Hall–Kier alpha value is -2.35. The lowest BCUT2D eigenvalue weighted by molar-refractivity contribution is 0.317. The van der Waals surface area contributed by atoms with E-state index in [0.717, 1.165) is 37.5 Å². The first kappa shape index (κ1) is 15.5. The van der Waals surface area contributed by atoms with Crippen LogP contribution in [0.3, 0.4) is 0 Å². The monoisotopic (exact) mass is 305 g/mol. The third kappa shape index (κ3) is 3.89. The molecule has 0 spiro atoms. The summed E-state index contributed by atoms with van der Waals surface area (Å²) in [5.41, 5.74) is 6.10. The number of allylic oxidation sites excluding steroid dienone is 1. The molecule has 0 radical (unpaired) electrons. The zero-order valence-electron chi connectivity index (χ0n) is 13.9. The molecule has 118 valence electrons. The zero-order valence-corrected chi connectivity index (χ0v) is 13.9. The van der Waals surface area contributed by atoms with Gasteiger partial charge >= 0.3 is 0 Å². The van der Waals surface area contributed by atoms with Gasteiger partial charge in [0.25, 0.3) is 0 Å². The van der Waals surface area contributed by atoms with Gasteiger partial charge in [-0.3, -0.25) is 4.99 Å². The van der Waals surface area contributed by atoms with Crippen LogP contribution in [0.5, 0.6) is 5.75 Å². The smallest absolute Gasteiger partial charge is 0.119 e. The van der Waals surface area contributed by atoms with Crippen molar-refractivity contribution in [2.45, 2.75) is 26.7 Å². The van der Waals surface area contributed by atoms with E-state index in [-0.39, 0.29) is 0 Å². The maximum Gasteiger partial charge on any atom is 0.119 e. The molecule has 0 amide bonds. The predicted molar refractivity (Wildman–Crippen MR) is 97.5 cm³/mol. The van der Waals surface area contributed by atoms with Crippen LogP contribution in [0.25, 0.3) is 6.08 Å². The quantitative estimate of drug-likeness (QED) is 0.774. The van der Waals surface area contributed by atoms with Gasteiger partial charge in [-0.25, -0.2) is 0 Å². The third-order valence-electron chi connectivity index (χ3n) is 4.00. The molecule has 1 aliphatic heterocycles. The summed E-state index contributed by atoms with van der Waals surface area (Å²) in [6.07, 6.45) is 6.27. The minimum atomic E-state index is 0.771. The van der Waals surface area contributed by atoms with Crippen LogP contribution in [0.4, 0.5) is 0 Å². The molecule has 2 aromatic rings. The van der Waals surface area contributed by atoms with Crippen molar-refractivity contribution in [3.63, 3.8) is 0 Å². The Bertz CT molecular complexity index is 726. The van der Waals surface area contributed by atoms with Gasteiger partial charge < -0.3 is 4.74 Å². The Morgan fingerprint density at radius 1 is 1.09 bits per heavy atom. The average molecular weight is 305 g/mol. The number of aryl methyl sites for hydroxylation is 1. The molecular formula is C21H23NO. The highest BCUT2D eigenvalue weighted by Gasteiger charge is 2.12. The molecule has 0 bridgehead atoms. The largest absolute Gasteiger partial charge is 0.494 e. The fourth-order valence-corrected chi connectivity index (χ4v) is 2.71. The number of fused-ring (bicyclic) bond motifs is 1. The van der Waals surface area contributed by atoms with E-state index in [1.165, 1.54) is 22.3 Å². The van der Waals surface area contributed by atoms with Gasteiger partial charge in [-0.2, -0.15) is 0 Å². The van der Waals surface area contributed by atoms with Crippen molar-refractivity contribution in [1.29, 1.82) is 0 Å². The fourth-order valence-electron chi connectivity index (χ4n) is 2.71. The summed E-state index contributed by atoms with van der Waals surface area (Å²) in [6.45, 7) is 5.84. The Kier molecular flexibility index (Phi) is 4.92. The topological polar surface area (TPSA) is 21.6 Å². The number of rotatable bonds is 5. The van der Waals surface area contributed by atoms with Gasteiger partial charge in [0.2, 0.25) is 0 Å². The molecule has 2 nitrogen and oxygen atoms in total. The highest BCUT2D eigenvalue weighted by atomic mass is 16.5. The maximum absolute atomic E-state index is 5.74. The molecule has 0 atom stereocenters. The first-order valence-corrected chi connectivity index (χ1v) is 8.31. The van der Waals surface area contributed by atoms with Crippen LogP contribution in [-0.2, 0) is 6.42 Å². The van der Waals surface area contributed by atoms with Crippen molar-refractivity contribution >= 4 is 11.8 Å². The lowest BCUT2D eigenvalue weighted by atomic mass is 9.96.